The Morgan fingerprint density at radius 1 is 1.08 bits per heavy atom. The minimum atomic E-state index is -0.145. The number of carbonyl (C=O) groups excluding carboxylic acids is 1. The SMILES string of the molecule is CN1CCC(=NNC(=O)c2ccc(CSc3ccccc3)cc2)CC1. The third kappa shape index (κ3) is 5.44. The molecule has 1 heterocycles. The first-order valence-electron chi connectivity index (χ1n) is 8.52. The molecule has 1 aliphatic heterocycles. The molecule has 25 heavy (non-hydrogen) atoms. The number of hydrogen-bond donors (Lipinski definition) is 1. The highest BCUT2D eigenvalue weighted by atomic mass is 32.2. The molecule has 1 fully saturated rings. The van der Waals surface area contributed by atoms with Gasteiger partial charge in [-0.2, -0.15) is 5.10 Å². The van der Waals surface area contributed by atoms with Crippen molar-refractivity contribution in [3.05, 3.63) is 65.7 Å². The number of nitrogens with one attached hydrogen (secondary N) is 1. The van der Waals surface area contributed by atoms with Crippen LogP contribution in [0.2, 0.25) is 0 Å². The van der Waals surface area contributed by atoms with Gasteiger partial charge in [0.15, 0.2) is 0 Å². The molecule has 0 aliphatic carbocycles. The van der Waals surface area contributed by atoms with Crippen molar-refractivity contribution in [2.75, 3.05) is 20.1 Å². The number of hydrazone groups is 1. The minimum Gasteiger partial charge on any atom is -0.306 e. The molecular weight excluding hydrogens is 330 g/mol. The quantitative estimate of drug-likeness (QED) is 0.657. The van der Waals surface area contributed by atoms with Gasteiger partial charge in [-0.3, -0.25) is 4.79 Å². The van der Waals surface area contributed by atoms with Crippen LogP contribution in [0, 0.1) is 0 Å². The maximum atomic E-state index is 12.2. The highest BCUT2D eigenvalue weighted by molar-refractivity contribution is 7.98. The molecule has 0 spiro atoms. The molecule has 1 amide bonds. The number of hydrogen-bond acceptors (Lipinski definition) is 4. The molecule has 0 unspecified atom stereocenters. The van der Waals surface area contributed by atoms with E-state index in [0.29, 0.717) is 5.56 Å². The third-order valence-corrected chi connectivity index (χ3v) is 5.33. The molecule has 3 rings (SSSR count). The summed E-state index contributed by atoms with van der Waals surface area (Å²) in [5.74, 6) is 0.746. The van der Waals surface area contributed by atoms with E-state index in [4.69, 9.17) is 0 Å². The van der Waals surface area contributed by atoms with Crippen LogP contribution in [0.3, 0.4) is 0 Å². The summed E-state index contributed by atoms with van der Waals surface area (Å²) in [5.41, 5.74) is 5.60. The standard InChI is InChI=1S/C20H23N3OS/c1-23-13-11-18(12-14-23)21-22-20(24)17-9-7-16(8-10-17)15-25-19-5-3-2-4-6-19/h2-10H,11-15H2,1H3,(H,22,24). The van der Waals surface area contributed by atoms with Crippen LogP contribution in [0.5, 0.6) is 0 Å². The topological polar surface area (TPSA) is 44.7 Å². The number of piperidine rings is 1. The maximum absolute atomic E-state index is 12.2. The number of carbonyl (C=O) groups is 1. The Balaban J connectivity index is 1.51. The van der Waals surface area contributed by atoms with E-state index in [9.17, 15) is 4.79 Å². The highest BCUT2D eigenvalue weighted by Crippen LogP contribution is 2.22. The summed E-state index contributed by atoms with van der Waals surface area (Å²) in [6, 6.07) is 18.1. The van der Waals surface area contributed by atoms with Gasteiger partial charge in [-0.25, -0.2) is 5.43 Å². The van der Waals surface area contributed by atoms with Crippen LogP contribution < -0.4 is 5.43 Å². The van der Waals surface area contributed by atoms with E-state index in [1.54, 1.807) is 11.8 Å². The van der Waals surface area contributed by atoms with Crippen molar-refractivity contribution in [1.29, 1.82) is 0 Å². The van der Waals surface area contributed by atoms with Crippen molar-refractivity contribution in [1.82, 2.24) is 10.3 Å². The molecule has 5 heteroatoms. The Kier molecular flexibility index (Phi) is 6.25. The summed E-state index contributed by atoms with van der Waals surface area (Å²) >= 11 is 1.79. The smallest absolute Gasteiger partial charge is 0.271 e. The van der Waals surface area contributed by atoms with E-state index < -0.39 is 0 Å². The molecule has 1 aliphatic rings. The van der Waals surface area contributed by atoms with E-state index in [2.05, 4.69) is 34.6 Å². The predicted molar refractivity (Wildman–Crippen MR) is 104 cm³/mol. The lowest BCUT2D eigenvalue weighted by atomic mass is 10.1. The molecule has 0 bridgehead atoms. The van der Waals surface area contributed by atoms with Gasteiger partial charge in [0.1, 0.15) is 0 Å². The monoisotopic (exact) mass is 353 g/mol. The zero-order chi connectivity index (χ0) is 17.5. The van der Waals surface area contributed by atoms with Crippen molar-refractivity contribution < 1.29 is 4.79 Å². The molecule has 1 N–H and O–H groups in total. The van der Waals surface area contributed by atoms with Gasteiger partial charge in [-0.1, -0.05) is 30.3 Å². The molecule has 0 aromatic heterocycles. The van der Waals surface area contributed by atoms with Crippen molar-refractivity contribution in [2.45, 2.75) is 23.5 Å². The fraction of sp³-hybridized carbons (Fsp3) is 0.300. The van der Waals surface area contributed by atoms with Crippen LogP contribution in [0.4, 0.5) is 0 Å². The molecule has 130 valence electrons. The summed E-state index contributed by atoms with van der Waals surface area (Å²) in [6.07, 6.45) is 1.85. The largest absolute Gasteiger partial charge is 0.306 e. The highest BCUT2D eigenvalue weighted by Gasteiger charge is 2.12. The van der Waals surface area contributed by atoms with Crippen molar-refractivity contribution >= 4 is 23.4 Å². The predicted octanol–water partition coefficient (Wildman–Crippen LogP) is 3.79. The Morgan fingerprint density at radius 3 is 2.44 bits per heavy atom. The molecular formula is C20H23N3OS. The van der Waals surface area contributed by atoms with Gasteiger partial charge < -0.3 is 4.90 Å². The molecule has 2 aromatic carbocycles. The fourth-order valence-corrected chi connectivity index (χ4v) is 3.49. The van der Waals surface area contributed by atoms with E-state index in [-0.39, 0.29) is 5.91 Å². The third-order valence-electron chi connectivity index (χ3n) is 4.24. The number of benzene rings is 2. The lowest BCUT2D eigenvalue weighted by Crippen LogP contribution is -2.32. The molecule has 1 saturated heterocycles. The van der Waals surface area contributed by atoms with Gasteiger partial charge >= 0.3 is 0 Å². The molecule has 0 saturated carbocycles. The number of likely N-dealkylation sites (tertiary alicyclic amines) is 1. The molecule has 0 radical (unpaired) electrons. The van der Waals surface area contributed by atoms with E-state index in [1.165, 1.54) is 10.5 Å². The first kappa shape index (κ1) is 17.7. The summed E-state index contributed by atoms with van der Waals surface area (Å²) in [5, 5.41) is 4.28. The molecule has 0 atom stereocenters. The van der Waals surface area contributed by atoms with E-state index in [0.717, 1.165) is 37.4 Å². The first-order valence-corrected chi connectivity index (χ1v) is 9.50. The molecule has 2 aromatic rings. The van der Waals surface area contributed by atoms with Gasteiger partial charge in [0.2, 0.25) is 0 Å². The summed E-state index contributed by atoms with van der Waals surface area (Å²) in [7, 11) is 2.10. The first-order chi connectivity index (χ1) is 12.2. The van der Waals surface area contributed by atoms with Gasteiger partial charge in [0.05, 0.1) is 0 Å². The summed E-state index contributed by atoms with van der Waals surface area (Å²) in [6.45, 7) is 2.00. The average molecular weight is 353 g/mol. The second-order valence-corrected chi connectivity index (χ2v) is 7.27. The van der Waals surface area contributed by atoms with Gasteiger partial charge in [-0.15, -0.1) is 11.8 Å². The van der Waals surface area contributed by atoms with Gasteiger partial charge in [-0.05, 0) is 36.9 Å². The minimum absolute atomic E-state index is 0.145. The number of nitrogens with zero attached hydrogens (tertiary/aromatic N) is 2. The van der Waals surface area contributed by atoms with Crippen molar-refractivity contribution in [3.8, 4) is 0 Å². The average Bonchev–Trinajstić information content (AvgIpc) is 2.67. The fourth-order valence-electron chi connectivity index (χ4n) is 2.62. The Bertz CT molecular complexity index is 718. The normalized spacial score (nSPS) is 15.0. The van der Waals surface area contributed by atoms with Gasteiger partial charge in [0.25, 0.3) is 5.91 Å². The Labute approximate surface area is 153 Å². The van der Waals surface area contributed by atoms with Crippen molar-refractivity contribution in [3.63, 3.8) is 0 Å². The van der Waals surface area contributed by atoms with E-state index >= 15 is 0 Å². The second kappa shape index (κ2) is 8.83. The lowest BCUT2D eigenvalue weighted by molar-refractivity contribution is 0.0954. The summed E-state index contributed by atoms with van der Waals surface area (Å²) in [4.78, 5) is 15.7. The van der Waals surface area contributed by atoms with Crippen molar-refractivity contribution in [2.24, 2.45) is 5.10 Å². The Hall–Kier alpha value is -2.11. The van der Waals surface area contributed by atoms with Crippen LogP contribution in [-0.4, -0.2) is 36.7 Å². The van der Waals surface area contributed by atoms with Crippen LogP contribution in [0.25, 0.3) is 0 Å². The van der Waals surface area contributed by atoms with Crippen LogP contribution >= 0.6 is 11.8 Å². The maximum Gasteiger partial charge on any atom is 0.271 e. The van der Waals surface area contributed by atoms with Gasteiger partial charge in [0, 0.05) is 47.9 Å². The van der Waals surface area contributed by atoms with Crippen LogP contribution in [0.15, 0.2) is 64.6 Å². The zero-order valence-corrected chi connectivity index (χ0v) is 15.3. The van der Waals surface area contributed by atoms with Crippen LogP contribution in [-0.2, 0) is 5.75 Å². The molecule has 4 nitrogen and oxygen atoms in total. The van der Waals surface area contributed by atoms with E-state index in [1.807, 2.05) is 42.5 Å². The zero-order valence-electron chi connectivity index (χ0n) is 14.4. The number of amides is 1. The number of thioether (sulfide) groups is 1. The lowest BCUT2D eigenvalue weighted by Gasteiger charge is -2.22. The Morgan fingerprint density at radius 2 is 1.76 bits per heavy atom. The second-order valence-electron chi connectivity index (χ2n) is 6.22. The summed E-state index contributed by atoms with van der Waals surface area (Å²) < 4.78 is 0. The van der Waals surface area contributed by atoms with Crippen LogP contribution in [0.1, 0.15) is 28.8 Å². The number of rotatable bonds is 5.